The van der Waals surface area contributed by atoms with Gasteiger partial charge in [0.1, 0.15) is 10.4 Å². The van der Waals surface area contributed by atoms with Crippen molar-refractivity contribution in [1.29, 1.82) is 0 Å². The molecule has 0 atom stereocenters. The highest BCUT2D eigenvalue weighted by atomic mass is 79.9. The van der Waals surface area contributed by atoms with E-state index in [9.17, 15) is 0 Å². The summed E-state index contributed by atoms with van der Waals surface area (Å²) in [6.45, 7) is 0.182. The van der Waals surface area contributed by atoms with Gasteiger partial charge in [-0.15, -0.1) is 0 Å². The van der Waals surface area contributed by atoms with Gasteiger partial charge in [-0.1, -0.05) is 6.07 Å². The summed E-state index contributed by atoms with van der Waals surface area (Å²) in [6.07, 6.45) is 2.05. The van der Waals surface area contributed by atoms with Gasteiger partial charge in [0, 0.05) is 0 Å². The van der Waals surface area contributed by atoms with Crippen LogP contribution < -0.4 is 5.32 Å². The second-order valence-electron chi connectivity index (χ2n) is 3.41. The fraction of sp³-hybridized carbons (Fsp3) is 0.444. The van der Waals surface area contributed by atoms with Gasteiger partial charge in [0.25, 0.3) is 0 Å². The van der Waals surface area contributed by atoms with Gasteiger partial charge in [-0.3, -0.25) is 0 Å². The van der Waals surface area contributed by atoms with Crippen LogP contribution >= 0.6 is 15.9 Å². The topological polar surface area (TPSA) is 45.1 Å². The number of halogens is 1. The largest absolute Gasteiger partial charge is 0.394 e. The summed E-state index contributed by atoms with van der Waals surface area (Å²) in [7, 11) is 0. The van der Waals surface area contributed by atoms with Crippen molar-refractivity contribution in [2.75, 3.05) is 11.9 Å². The van der Waals surface area contributed by atoms with Crippen LogP contribution in [0.5, 0.6) is 0 Å². The van der Waals surface area contributed by atoms with Crippen LogP contribution in [0.15, 0.2) is 22.8 Å². The van der Waals surface area contributed by atoms with Gasteiger partial charge in [0.2, 0.25) is 0 Å². The minimum atomic E-state index is -0.0895. The third-order valence-corrected chi connectivity index (χ3v) is 2.71. The van der Waals surface area contributed by atoms with E-state index in [0.717, 1.165) is 23.3 Å². The van der Waals surface area contributed by atoms with Crippen molar-refractivity contribution in [2.24, 2.45) is 0 Å². The van der Waals surface area contributed by atoms with Crippen LogP contribution in [-0.2, 0) is 0 Å². The Morgan fingerprint density at radius 3 is 2.85 bits per heavy atom. The van der Waals surface area contributed by atoms with Crippen LogP contribution in [0.1, 0.15) is 12.8 Å². The van der Waals surface area contributed by atoms with Gasteiger partial charge in [0.05, 0.1) is 12.1 Å². The first kappa shape index (κ1) is 8.97. The fourth-order valence-electron chi connectivity index (χ4n) is 1.22. The Labute approximate surface area is 85.3 Å². The number of hydrogen-bond acceptors (Lipinski definition) is 3. The zero-order valence-electron chi connectivity index (χ0n) is 7.13. The van der Waals surface area contributed by atoms with Gasteiger partial charge >= 0.3 is 0 Å². The molecule has 0 amide bonds. The van der Waals surface area contributed by atoms with Crippen molar-refractivity contribution < 1.29 is 5.11 Å². The number of aliphatic hydroxyl groups excluding tert-OH is 1. The molecule has 1 aliphatic carbocycles. The number of aromatic nitrogens is 1. The lowest BCUT2D eigenvalue weighted by atomic mass is 10.3. The molecule has 0 saturated heterocycles. The molecule has 1 aromatic rings. The van der Waals surface area contributed by atoms with Crippen molar-refractivity contribution in [3.05, 3.63) is 22.8 Å². The molecule has 0 spiro atoms. The smallest absolute Gasteiger partial charge is 0.127 e. The Hall–Kier alpha value is -0.610. The van der Waals surface area contributed by atoms with Crippen molar-refractivity contribution in [3.8, 4) is 0 Å². The predicted molar refractivity (Wildman–Crippen MR) is 54.6 cm³/mol. The molecule has 70 valence electrons. The quantitative estimate of drug-likeness (QED) is 0.795. The highest BCUT2D eigenvalue weighted by Crippen LogP contribution is 2.37. The normalized spacial score (nSPS) is 18.3. The molecule has 2 N–H and O–H groups in total. The summed E-state index contributed by atoms with van der Waals surface area (Å²) in [4.78, 5) is 4.24. The zero-order chi connectivity index (χ0) is 9.31. The molecule has 13 heavy (non-hydrogen) atoms. The maximum absolute atomic E-state index is 9.09. The van der Waals surface area contributed by atoms with Crippen molar-refractivity contribution >= 4 is 21.7 Å². The summed E-state index contributed by atoms with van der Waals surface area (Å²) in [5, 5.41) is 12.3. The highest BCUT2D eigenvalue weighted by Gasteiger charge is 2.42. The summed E-state index contributed by atoms with van der Waals surface area (Å²) in [6, 6.07) is 5.71. The molecule has 1 fully saturated rings. The summed E-state index contributed by atoms with van der Waals surface area (Å²) in [5.74, 6) is 0.820. The first-order valence-electron chi connectivity index (χ1n) is 4.26. The van der Waals surface area contributed by atoms with Crippen LogP contribution in [0, 0.1) is 0 Å². The van der Waals surface area contributed by atoms with Crippen molar-refractivity contribution in [2.45, 2.75) is 18.4 Å². The standard InChI is InChI=1S/C9H11BrN2O/c10-7-2-1-3-8(11-7)12-9(6-13)4-5-9/h1-3,13H,4-6H2,(H,11,12). The highest BCUT2D eigenvalue weighted by molar-refractivity contribution is 9.10. The van der Waals surface area contributed by atoms with E-state index < -0.39 is 0 Å². The minimum absolute atomic E-state index is 0.0895. The van der Waals surface area contributed by atoms with E-state index in [1.807, 2.05) is 18.2 Å². The van der Waals surface area contributed by atoms with Crippen LogP contribution in [0.3, 0.4) is 0 Å². The fourth-order valence-corrected chi connectivity index (χ4v) is 1.57. The molecule has 3 nitrogen and oxygen atoms in total. The first-order chi connectivity index (χ1) is 6.24. The number of nitrogens with zero attached hydrogens (tertiary/aromatic N) is 1. The number of pyridine rings is 1. The summed E-state index contributed by atoms with van der Waals surface area (Å²) < 4.78 is 0.811. The minimum Gasteiger partial charge on any atom is -0.394 e. The van der Waals surface area contributed by atoms with Crippen molar-refractivity contribution in [3.63, 3.8) is 0 Å². The van der Waals surface area contributed by atoms with E-state index in [1.54, 1.807) is 0 Å². The first-order valence-corrected chi connectivity index (χ1v) is 5.05. The Kier molecular flexibility index (Phi) is 2.26. The maximum atomic E-state index is 9.09. The molecular formula is C9H11BrN2O. The zero-order valence-corrected chi connectivity index (χ0v) is 8.71. The molecule has 2 rings (SSSR count). The second kappa shape index (κ2) is 3.27. The van der Waals surface area contributed by atoms with Crippen LogP contribution in [-0.4, -0.2) is 22.2 Å². The summed E-state index contributed by atoms with van der Waals surface area (Å²) in [5.41, 5.74) is -0.0895. The van der Waals surface area contributed by atoms with E-state index in [1.165, 1.54) is 0 Å². The molecular weight excluding hydrogens is 232 g/mol. The third kappa shape index (κ3) is 2.00. The van der Waals surface area contributed by atoms with Gasteiger partial charge < -0.3 is 10.4 Å². The molecule has 0 bridgehead atoms. The van der Waals surface area contributed by atoms with Gasteiger partial charge in [-0.25, -0.2) is 4.98 Å². The molecule has 1 aliphatic rings. The number of anilines is 1. The van der Waals surface area contributed by atoms with E-state index in [0.29, 0.717) is 0 Å². The average molecular weight is 243 g/mol. The predicted octanol–water partition coefficient (Wildman–Crippen LogP) is 1.78. The Morgan fingerprint density at radius 2 is 2.31 bits per heavy atom. The molecule has 1 heterocycles. The summed E-state index contributed by atoms with van der Waals surface area (Å²) >= 11 is 3.30. The lowest BCUT2D eigenvalue weighted by Gasteiger charge is -2.14. The van der Waals surface area contributed by atoms with Gasteiger partial charge in [-0.2, -0.15) is 0 Å². The average Bonchev–Trinajstić information content (AvgIpc) is 2.86. The SMILES string of the molecule is OCC1(Nc2cccc(Br)n2)CC1. The number of hydrogen-bond donors (Lipinski definition) is 2. The van der Waals surface area contributed by atoms with Crippen LogP contribution in [0.25, 0.3) is 0 Å². The molecule has 0 radical (unpaired) electrons. The molecule has 0 aliphatic heterocycles. The second-order valence-corrected chi connectivity index (χ2v) is 4.22. The van der Waals surface area contributed by atoms with E-state index in [4.69, 9.17) is 5.11 Å². The van der Waals surface area contributed by atoms with E-state index in [2.05, 4.69) is 26.2 Å². The number of nitrogens with one attached hydrogen (secondary N) is 1. The Balaban J connectivity index is 2.09. The van der Waals surface area contributed by atoms with Crippen LogP contribution in [0.4, 0.5) is 5.82 Å². The maximum Gasteiger partial charge on any atom is 0.127 e. The Bertz CT molecular complexity index is 312. The van der Waals surface area contributed by atoms with E-state index in [-0.39, 0.29) is 12.1 Å². The number of rotatable bonds is 3. The molecule has 1 aromatic heterocycles. The number of aliphatic hydroxyl groups is 1. The van der Waals surface area contributed by atoms with Gasteiger partial charge in [-0.05, 0) is 40.9 Å². The van der Waals surface area contributed by atoms with Crippen LogP contribution in [0.2, 0.25) is 0 Å². The third-order valence-electron chi connectivity index (χ3n) is 2.26. The lowest BCUT2D eigenvalue weighted by molar-refractivity contribution is 0.266. The molecule has 4 heteroatoms. The van der Waals surface area contributed by atoms with Crippen molar-refractivity contribution in [1.82, 2.24) is 4.98 Å². The Morgan fingerprint density at radius 1 is 1.54 bits per heavy atom. The van der Waals surface area contributed by atoms with Gasteiger partial charge in [0.15, 0.2) is 0 Å². The molecule has 1 saturated carbocycles. The lowest BCUT2D eigenvalue weighted by Crippen LogP contribution is -2.26. The van der Waals surface area contributed by atoms with E-state index >= 15 is 0 Å². The monoisotopic (exact) mass is 242 g/mol. The molecule has 0 unspecified atom stereocenters. The molecule has 0 aromatic carbocycles.